The summed E-state index contributed by atoms with van der Waals surface area (Å²) in [4.78, 5) is 24.0. The van der Waals surface area contributed by atoms with Crippen molar-refractivity contribution in [3.8, 4) is 0 Å². The number of carboxylic acid groups (broad SMARTS) is 1. The SMILES string of the molecule is CCN(c1ccc(NC(=O)COCC(=O)O)cc1)C(C)C. The Morgan fingerprint density at radius 3 is 2.33 bits per heavy atom. The Labute approximate surface area is 124 Å². The van der Waals surface area contributed by atoms with E-state index in [2.05, 4.69) is 31.0 Å². The zero-order chi connectivity index (χ0) is 15.8. The van der Waals surface area contributed by atoms with Crippen LogP contribution < -0.4 is 10.2 Å². The van der Waals surface area contributed by atoms with Crippen molar-refractivity contribution in [3.63, 3.8) is 0 Å². The molecule has 0 saturated carbocycles. The number of aliphatic carboxylic acids is 1. The Balaban J connectivity index is 2.54. The minimum absolute atomic E-state index is 0.277. The Bertz CT molecular complexity index is 471. The van der Waals surface area contributed by atoms with Gasteiger partial charge in [0.25, 0.3) is 0 Å². The van der Waals surface area contributed by atoms with Gasteiger partial charge in [0, 0.05) is 24.0 Å². The zero-order valence-electron chi connectivity index (χ0n) is 12.6. The number of nitrogens with zero attached hydrogens (tertiary/aromatic N) is 1. The second kappa shape index (κ2) is 8.26. The van der Waals surface area contributed by atoms with E-state index in [0.29, 0.717) is 11.7 Å². The van der Waals surface area contributed by atoms with Crippen LogP contribution in [0.4, 0.5) is 11.4 Å². The van der Waals surface area contributed by atoms with Gasteiger partial charge in [-0.05, 0) is 45.0 Å². The lowest BCUT2D eigenvalue weighted by atomic mass is 10.2. The van der Waals surface area contributed by atoms with Gasteiger partial charge in [-0.25, -0.2) is 4.79 Å². The summed E-state index contributed by atoms with van der Waals surface area (Å²) >= 11 is 0. The van der Waals surface area contributed by atoms with E-state index in [-0.39, 0.29) is 12.5 Å². The number of carbonyl (C=O) groups excluding carboxylic acids is 1. The number of rotatable bonds is 8. The number of benzene rings is 1. The molecule has 0 aliphatic carbocycles. The fourth-order valence-electron chi connectivity index (χ4n) is 2.01. The first kappa shape index (κ1) is 17.0. The normalized spacial score (nSPS) is 10.5. The number of carbonyl (C=O) groups is 2. The van der Waals surface area contributed by atoms with Gasteiger partial charge < -0.3 is 20.1 Å². The first-order valence-electron chi connectivity index (χ1n) is 6.90. The van der Waals surface area contributed by atoms with E-state index in [1.807, 2.05) is 24.3 Å². The highest BCUT2D eigenvalue weighted by molar-refractivity contribution is 5.92. The van der Waals surface area contributed by atoms with Crippen LogP contribution >= 0.6 is 0 Å². The van der Waals surface area contributed by atoms with E-state index < -0.39 is 12.6 Å². The van der Waals surface area contributed by atoms with E-state index in [1.165, 1.54) is 0 Å². The standard InChI is InChI=1S/C15H22N2O4/c1-4-17(11(2)3)13-7-5-12(6-8-13)16-14(18)9-21-10-15(19)20/h5-8,11H,4,9-10H2,1-3H3,(H,16,18)(H,19,20). The number of nitrogens with one attached hydrogen (secondary N) is 1. The number of anilines is 2. The monoisotopic (exact) mass is 294 g/mol. The molecule has 1 rings (SSSR count). The van der Waals surface area contributed by atoms with E-state index in [0.717, 1.165) is 12.2 Å². The zero-order valence-corrected chi connectivity index (χ0v) is 12.6. The smallest absolute Gasteiger partial charge is 0.329 e. The molecule has 1 aromatic carbocycles. The van der Waals surface area contributed by atoms with Crippen molar-refractivity contribution in [2.24, 2.45) is 0 Å². The van der Waals surface area contributed by atoms with Crippen molar-refractivity contribution >= 4 is 23.3 Å². The first-order chi connectivity index (χ1) is 9.93. The minimum atomic E-state index is -1.10. The highest BCUT2D eigenvalue weighted by Crippen LogP contribution is 2.19. The maximum Gasteiger partial charge on any atom is 0.329 e. The van der Waals surface area contributed by atoms with Crippen molar-refractivity contribution in [2.75, 3.05) is 30.0 Å². The molecular weight excluding hydrogens is 272 g/mol. The summed E-state index contributed by atoms with van der Waals surface area (Å²) in [5, 5.41) is 11.1. The van der Waals surface area contributed by atoms with E-state index in [4.69, 9.17) is 9.84 Å². The molecule has 6 heteroatoms. The maximum atomic E-state index is 11.5. The number of ether oxygens (including phenoxy) is 1. The Kier molecular flexibility index (Phi) is 6.68. The van der Waals surface area contributed by atoms with E-state index in [1.54, 1.807) is 0 Å². The van der Waals surface area contributed by atoms with Gasteiger partial charge in [0.2, 0.25) is 5.91 Å². The molecule has 2 N–H and O–H groups in total. The van der Waals surface area contributed by atoms with Crippen molar-refractivity contribution in [1.29, 1.82) is 0 Å². The van der Waals surface area contributed by atoms with Crippen LogP contribution in [0.15, 0.2) is 24.3 Å². The second-order valence-electron chi connectivity index (χ2n) is 4.86. The maximum absolute atomic E-state index is 11.5. The van der Waals surface area contributed by atoms with Crippen LogP contribution in [0.5, 0.6) is 0 Å². The molecule has 0 fully saturated rings. The fraction of sp³-hybridized carbons (Fsp3) is 0.467. The highest BCUT2D eigenvalue weighted by atomic mass is 16.5. The fourth-order valence-corrected chi connectivity index (χ4v) is 2.01. The molecule has 21 heavy (non-hydrogen) atoms. The summed E-state index contributed by atoms with van der Waals surface area (Å²) in [6.07, 6.45) is 0. The minimum Gasteiger partial charge on any atom is -0.480 e. The van der Waals surface area contributed by atoms with Gasteiger partial charge in [0.15, 0.2) is 0 Å². The summed E-state index contributed by atoms with van der Waals surface area (Å²) < 4.78 is 4.72. The molecule has 1 amide bonds. The number of carboxylic acids is 1. The molecule has 0 aliphatic rings. The molecule has 116 valence electrons. The summed E-state index contributed by atoms with van der Waals surface area (Å²) in [7, 11) is 0. The number of hydrogen-bond acceptors (Lipinski definition) is 4. The average molecular weight is 294 g/mol. The predicted molar refractivity (Wildman–Crippen MR) is 81.7 cm³/mol. The van der Waals surface area contributed by atoms with Crippen LogP contribution in [-0.4, -0.2) is 42.8 Å². The van der Waals surface area contributed by atoms with Crippen molar-refractivity contribution in [2.45, 2.75) is 26.8 Å². The molecule has 0 radical (unpaired) electrons. The van der Waals surface area contributed by atoms with Gasteiger partial charge in [-0.2, -0.15) is 0 Å². The molecule has 0 aliphatic heterocycles. The second-order valence-corrected chi connectivity index (χ2v) is 4.86. The average Bonchev–Trinajstić information content (AvgIpc) is 2.40. The van der Waals surface area contributed by atoms with Crippen molar-refractivity contribution < 1.29 is 19.4 Å². The van der Waals surface area contributed by atoms with Crippen LogP contribution in [0.1, 0.15) is 20.8 Å². The third-order valence-electron chi connectivity index (χ3n) is 2.91. The van der Waals surface area contributed by atoms with Crippen molar-refractivity contribution in [1.82, 2.24) is 0 Å². The molecule has 0 atom stereocenters. The number of amides is 1. The summed E-state index contributed by atoms with van der Waals surface area (Å²) in [5.74, 6) is -1.47. The third-order valence-corrected chi connectivity index (χ3v) is 2.91. The van der Waals surface area contributed by atoms with Crippen LogP contribution in [0.2, 0.25) is 0 Å². The lowest BCUT2D eigenvalue weighted by Gasteiger charge is -2.27. The highest BCUT2D eigenvalue weighted by Gasteiger charge is 2.09. The molecule has 0 heterocycles. The van der Waals surface area contributed by atoms with Crippen LogP contribution in [0.25, 0.3) is 0 Å². The number of hydrogen-bond donors (Lipinski definition) is 2. The lowest BCUT2D eigenvalue weighted by molar-refractivity contribution is -0.143. The van der Waals surface area contributed by atoms with Gasteiger partial charge in [-0.3, -0.25) is 4.79 Å². The molecule has 1 aromatic rings. The topological polar surface area (TPSA) is 78.9 Å². The quantitative estimate of drug-likeness (QED) is 0.766. The molecule has 6 nitrogen and oxygen atoms in total. The summed E-state index contributed by atoms with van der Waals surface area (Å²) in [6.45, 7) is 6.49. The molecule has 0 bridgehead atoms. The largest absolute Gasteiger partial charge is 0.480 e. The van der Waals surface area contributed by atoms with E-state index >= 15 is 0 Å². The lowest BCUT2D eigenvalue weighted by Crippen LogP contribution is -2.30. The Morgan fingerprint density at radius 1 is 1.24 bits per heavy atom. The Hall–Kier alpha value is -2.08. The molecule has 0 spiro atoms. The first-order valence-corrected chi connectivity index (χ1v) is 6.90. The van der Waals surface area contributed by atoms with Crippen LogP contribution in [-0.2, 0) is 14.3 Å². The predicted octanol–water partition coefficient (Wildman–Crippen LogP) is 1.96. The van der Waals surface area contributed by atoms with Gasteiger partial charge in [0.05, 0.1) is 0 Å². The van der Waals surface area contributed by atoms with Gasteiger partial charge in [0.1, 0.15) is 13.2 Å². The van der Waals surface area contributed by atoms with Crippen LogP contribution in [0.3, 0.4) is 0 Å². The van der Waals surface area contributed by atoms with Crippen molar-refractivity contribution in [3.05, 3.63) is 24.3 Å². The molecular formula is C15H22N2O4. The molecule has 0 unspecified atom stereocenters. The Morgan fingerprint density at radius 2 is 1.86 bits per heavy atom. The van der Waals surface area contributed by atoms with Gasteiger partial charge in [-0.1, -0.05) is 0 Å². The third kappa shape index (κ3) is 5.83. The van der Waals surface area contributed by atoms with Gasteiger partial charge in [-0.15, -0.1) is 0 Å². The summed E-state index contributed by atoms with van der Waals surface area (Å²) in [6, 6.07) is 7.92. The summed E-state index contributed by atoms with van der Waals surface area (Å²) in [5.41, 5.74) is 1.75. The van der Waals surface area contributed by atoms with Crippen LogP contribution in [0, 0.1) is 0 Å². The molecule has 0 aromatic heterocycles. The van der Waals surface area contributed by atoms with E-state index in [9.17, 15) is 9.59 Å². The van der Waals surface area contributed by atoms with Gasteiger partial charge >= 0.3 is 5.97 Å². The molecule has 0 saturated heterocycles.